The Bertz CT molecular complexity index is 3470. The maximum atomic E-state index is 12.1. The molecule has 0 amide bonds. The molecule has 0 aliphatic carbocycles. The van der Waals surface area contributed by atoms with E-state index < -0.39 is 0 Å². The van der Waals surface area contributed by atoms with Gasteiger partial charge in [0.25, 0.3) is 0 Å². The number of unbranched alkanes of at least 4 members (excludes halogenated alkanes) is 4. The van der Waals surface area contributed by atoms with E-state index >= 15 is 0 Å². The second-order valence-electron chi connectivity index (χ2n) is 20.8. The minimum Gasteiger partial charge on any atom is -0.466 e. The van der Waals surface area contributed by atoms with Crippen LogP contribution < -0.4 is 18.3 Å². The first kappa shape index (κ1) is 59.7. The molecule has 9 heterocycles. The highest BCUT2D eigenvalue weighted by atomic mass is 16.5. The van der Waals surface area contributed by atoms with Crippen molar-refractivity contribution in [3.8, 4) is 44.5 Å². The summed E-state index contributed by atoms with van der Waals surface area (Å²) in [5.74, 6) is -0.666. The summed E-state index contributed by atoms with van der Waals surface area (Å²) in [6.07, 6.45) is 32.9. The van der Waals surface area contributed by atoms with Crippen molar-refractivity contribution in [3.63, 3.8) is 0 Å². The van der Waals surface area contributed by atoms with E-state index in [4.69, 9.17) is 28.9 Å². The lowest BCUT2D eigenvalue weighted by molar-refractivity contribution is -0.697. The number of H-pyrrole nitrogens is 2. The third-order valence-corrected chi connectivity index (χ3v) is 14.9. The predicted molar refractivity (Wildman–Crippen MR) is 323 cm³/mol. The normalized spacial score (nSPS) is 11.7. The van der Waals surface area contributed by atoms with Crippen LogP contribution in [0.2, 0.25) is 0 Å². The Labute approximate surface area is 491 Å². The summed E-state index contributed by atoms with van der Waals surface area (Å²) >= 11 is 0. The highest BCUT2D eigenvalue weighted by Gasteiger charge is 2.22. The monoisotopic (exact) mass is 1130 g/mol. The molecule has 7 aromatic rings. The van der Waals surface area contributed by atoms with Gasteiger partial charge in [-0.25, -0.2) is 28.2 Å². The quantitative estimate of drug-likeness (QED) is 0.0208. The number of nitrogens with one attached hydrogen (secondary N) is 2. The smallest absolute Gasteiger partial charge is 0.305 e. The summed E-state index contributed by atoms with van der Waals surface area (Å²) in [6, 6.07) is 25.6. The highest BCUT2D eigenvalue weighted by molar-refractivity contribution is 6.00. The molecule has 16 heteroatoms. The number of aryl methyl sites for hydroxylation is 4. The zero-order chi connectivity index (χ0) is 58.6. The number of rotatable bonds is 28. The number of nitrogens with zero attached hydrogens (tertiary/aromatic N) is 6. The number of carbonyl (C=O) groups excluding carboxylic acids is 4. The van der Waals surface area contributed by atoms with Crippen LogP contribution in [0, 0.1) is 0 Å². The number of hydrogen-bond acceptors (Lipinski definition) is 10. The van der Waals surface area contributed by atoms with Gasteiger partial charge in [-0.05, 0) is 124 Å². The van der Waals surface area contributed by atoms with Crippen molar-refractivity contribution in [2.45, 2.75) is 131 Å². The van der Waals surface area contributed by atoms with E-state index in [0.29, 0.717) is 52.1 Å². The van der Waals surface area contributed by atoms with Crippen LogP contribution >= 0.6 is 0 Å². The van der Waals surface area contributed by atoms with Gasteiger partial charge in [-0.15, -0.1) is 0 Å². The number of aromatic nitrogens is 8. The highest BCUT2D eigenvalue weighted by Crippen LogP contribution is 2.38. The van der Waals surface area contributed by atoms with E-state index in [1.807, 2.05) is 27.7 Å². The number of carbonyl (C=O) groups is 4. The average molecular weight is 1140 g/mol. The molecule has 0 saturated heterocycles. The largest absolute Gasteiger partial charge is 0.466 e. The average Bonchev–Trinajstić information content (AvgIpc) is 3.41. The van der Waals surface area contributed by atoms with Crippen molar-refractivity contribution in [2.75, 3.05) is 26.4 Å². The second-order valence-corrected chi connectivity index (χ2v) is 20.8. The van der Waals surface area contributed by atoms with E-state index in [9.17, 15) is 19.2 Å². The van der Waals surface area contributed by atoms with E-state index in [-0.39, 0.29) is 23.9 Å². The second kappa shape index (κ2) is 29.9. The van der Waals surface area contributed by atoms with Crippen molar-refractivity contribution < 1.29 is 56.4 Å². The number of hydrogen-bond donors (Lipinski definition) is 2. The maximum absolute atomic E-state index is 12.1. The van der Waals surface area contributed by atoms with Crippen LogP contribution in [0.3, 0.4) is 0 Å². The predicted octanol–water partition coefficient (Wildman–Crippen LogP) is 11.4. The fourth-order valence-corrected chi connectivity index (χ4v) is 10.7. The van der Waals surface area contributed by atoms with E-state index in [1.165, 1.54) is 0 Å². The van der Waals surface area contributed by atoms with Crippen molar-refractivity contribution >= 4 is 70.2 Å². The summed E-state index contributed by atoms with van der Waals surface area (Å²) < 4.78 is 29.2. The molecule has 0 saturated carbocycles. The lowest BCUT2D eigenvalue weighted by Crippen LogP contribution is -2.32. The Balaban J connectivity index is 1.19. The standard InChI is InChI=1S/C68H77N8O8/c1-5-81-61(77)17-9-13-37-73-41-29-49(30-42-73)65-53-21-23-55(69-53)66(50-31-43-74(44-32-50)38-14-10-18-62(78)82-6-2)57-25-27-59(71-57)68(52-35-47-76(48-36-52)40-16-12-20-64(80)84-8-4)60-28-26-58(72-60)67(56-24-22-54(65)70-56)51-33-45-75(46-34-51)39-15-11-19-63(79)83-7-3/h21-36,41-48H,5-20,37-40H2,1-4H3,(H,69,70,71,72)/q+3/p+1. The van der Waals surface area contributed by atoms with Gasteiger partial charge in [0.2, 0.25) is 0 Å². The SMILES string of the molecule is CCOC(=O)CCCC[n+]1ccc(-c2c3nc(c(-c4cc[n+](CCCCC(=O)OCC)cc4)c4ccc([nH]4)c(-c4cc[n+](CCCCC(=O)OCC)cc4)c4ccc([nH]4)c(-c4cc[n+](CCCCC(=O)OCC)cc4)c4nc2C=C4)C=C3)cc1. The Morgan fingerprint density at radius 3 is 0.845 bits per heavy atom. The fourth-order valence-electron chi connectivity index (χ4n) is 10.7. The lowest BCUT2D eigenvalue weighted by atomic mass is 10.0. The van der Waals surface area contributed by atoms with Crippen LogP contribution in [0.4, 0.5) is 0 Å². The van der Waals surface area contributed by atoms with Crippen LogP contribution in [-0.2, 0) is 64.3 Å². The molecule has 7 aromatic heterocycles. The van der Waals surface area contributed by atoms with Gasteiger partial charge in [0, 0.05) is 144 Å². The van der Waals surface area contributed by atoms with Crippen LogP contribution in [-0.4, -0.2) is 70.2 Å². The Morgan fingerprint density at radius 2 is 0.571 bits per heavy atom. The Hall–Kier alpha value is -8.92. The molecule has 0 atom stereocenters. The van der Waals surface area contributed by atoms with E-state index in [2.05, 4.69) is 175 Å². The fraction of sp³-hybridized carbons (Fsp3) is 0.353. The third kappa shape index (κ3) is 15.8. The summed E-state index contributed by atoms with van der Waals surface area (Å²) in [7, 11) is 0. The van der Waals surface area contributed by atoms with Crippen LogP contribution in [0.15, 0.2) is 122 Å². The minimum absolute atomic E-state index is 0.165. The molecular formula is C68H78N8O8+4. The van der Waals surface area contributed by atoms with Crippen molar-refractivity contribution in [1.82, 2.24) is 19.9 Å². The van der Waals surface area contributed by atoms with E-state index in [1.54, 1.807) is 0 Å². The minimum atomic E-state index is -0.168. The number of fused-ring (bicyclic) bond motifs is 8. The first-order chi connectivity index (χ1) is 41.1. The van der Waals surface area contributed by atoms with Crippen molar-refractivity contribution in [3.05, 3.63) is 145 Å². The van der Waals surface area contributed by atoms with Gasteiger partial charge < -0.3 is 28.9 Å². The molecule has 0 fully saturated rings. The van der Waals surface area contributed by atoms with Gasteiger partial charge >= 0.3 is 23.9 Å². The maximum Gasteiger partial charge on any atom is 0.305 e. The number of ether oxygens (including phenoxy) is 4. The molecule has 16 nitrogen and oxygen atoms in total. The zero-order valence-corrected chi connectivity index (χ0v) is 48.9. The number of esters is 4. The molecule has 2 N–H and O–H groups in total. The van der Waals surface area contributed by atoms with Gasteiger partial charge in [-0.1, -0.05) is 0 Å². The Morgan fingerprint density at radius 1 is 0.333 bits per heavy atom. The van der Waals surface area contributed by atoms with Crippen LogP contribution in [0.1, 0.15) is 128 Å². The molecule has 84 heavy (non-hydrogen) atoms. The summed E-state index contributed by atoms with van der Waals surface area (Å²) in [5.41, 5.74) is 14.3. The van der Waals surface area contributed by atoms with Crippen molar-refractivity contribution in [2.24, 2.45) is 0 Å². The molecule has 434 valence electrons. The first-order valence-corrected chi connectivity index (χ1v) is 29.9. The third-order valence-electron chi connectivity index (χ3n) is 14.9. The zero-order valence-electron chi connectivity index (χ0n) is 48.9. The summed E-state index contributed by atoms with van der Waals surface area (Å²) in [4.78, 5) is 67.1. The van der Waals surface area contributed by atoms with Gasteiger partial charge in [0.05, 0.1) is 49.2 Å². The van der Waals surface area contributed by atoms with Gasteiger partial charge in [0.15, 0.2) is 49.6 Å². The van der Waals surface area contributed by atoms with Crippen molar-refractivity contribution in [1.29, 1.82) is 0 Å². The van der Waals surface area contributed by atoms with Crippen LogP contribution in [0.5, 0.6) is 0 Å². The number of aromatic amines is 2. The van der Waals surface area contributed by atoms with Gasteiger partial charge in [-0.2, -0.15) is 0 Å². The van der Waals surface area contributed by atoms with Crippen LogP contribution in [0.25, 0.3) is 90.9 Å². The molecule has 2 aliphatic heterocycles. The first-order valence-electron chi connectivity index (χ1n) is 29.9. The Kier molecular flexibility index (Phi) is 21.2. The van der Waals surface area contributed by atoms with Gasteiger partial charge in [-0.3, -0.25) is 19.2 Å². The molecule has 8 bridgehead atoms. The molecular weight excluding hydrogens is 1060 g/mol. The van der Waals surface area contributed by atoms with Gasteiger partial charge in [0.1, 0.15) is 26.2 Å². The molecule has 0 unspecified atom stereocenters. The molecule has 2 aliphatic rings. The topological polar surface area (TPSA) is 178 Å². The molecule has 0 radical (unpaired) electrons. The lowest BCUT2D eigenvalue weighted by Gasteiger charge is -2.07. The van der Waals surface area contributed by atoms with E-state index in [0.717, 1.165) is 167 Å². The number of pyridine rings is 4. The summed E-state index contributed by atoms with van der Waals surface area (Å²) in [6.45, 7) is 11.9. The molecule has 0 spiro atoms. The molecule has 0 aromatic carbocycles. The molecule has 9 rings (SSSR count). The summed E-state index contributed by atoms with van der Waals surface area (Å²) in [5, 5.41) is 0.